The van der Waals surface area contributed by atoms with Crippen LogP contribution in [0.1, 0.15) is 54.4 Å². The first kappa shape index (κ1) is 18.0. The minimum atomic E-state index is -0.648. The second kappa shape index (κ2) is 7.28. The van der Waals surface area contributed by atoms with Gasteiger partial charge in [-0.05, 0) is 50.3 Å². The van der Waals surface area contributed by atoms with E-state index in [0.717, 1.165) is 25.7 Å². The lowest BCUT2D eigenvalue weighted by molar-refractivity contribution is -0.127. The van der Waals surface area contributed by atoms with Gasteiger partial charge < -0.3 is 11.1 Å². The molecule has 0 spiro atoms. The van der Waals surface area contributed by atoms with Gasteiger partial charge in [0.05, 0.1) is 5.54 Å². The molecule has 3 nitrogen and oxygen atoms in total. The Kier molecular flexibility index (Phi) is 6.24. The van der Waals surface area contributed by atoms with Crippen molar-refractivity contribution < 1.29 is 4.79 Å². The second-order valence-corrected chi connectivity index (χ2v) is 6.28. The highest BCUT2D eigenvalue weighted by molar-refractivity contribution is 5.86. The fourth-order valence-electron chi connectivity index (χ4n) is 3.24. The SMILES string of the molecule is Cc1cc(C)c(CNC(=O)C2(N)CCCCC2)c(C)c1.Cl. The monoisotopic (exact) mass is 310 g/mol. The number of carbonyl (C=O) groups is 1. The van der Waals surface area contributed by atoms with E-state index in [1.54, 1.807) is 0 Å². The van der Waals surface area contributed by atoms with Crippen LogP contribution >= 0.6 is 12.4 Å². The lowest BCUT2D eigenvalue weighted by Crippen LogP contribution is -2.54. The van der Waals surface area contributed by atoms with E-state index in [1.165, 1.54) is 28.7 Å². The third kappa shape index (κ3) is 4.21. The third-order valence-electron chi connectivity index (χ3n) is 4.46. The quantitative estimate of drug-likeness (QED) is 0.900. The second-order valence-electron chi connectivity index (χ2n) is 6.28. The van der Waals surface area contributed by atoms with Gasteiger partial charge in [0.2, 0.25) is 5.91 Å². The summed E-state index contributed by atoms with van der Waals surface area (Å²) in [5, 5.41) is 3.05. The molecule has 0 heterocycles. The summed E-state index contributed by atoms with van der Waals surface area (Å²) in [5.41, 5.74) is 10.5. The Morgan fingerprint density at radius 3 is 2.19 bits per heavy atom. The van der Waals surface area contributed by atoms with Crippen molar-refractivity contribution >= 4 is 18.3 Å². The number of hydrogen-bond acceptors (Lipinski definition) is 2. The largest absolute Gasteiger partial charge is 0.350 e. The van der Waals surface area contributed by atoms with Crippen molar-refractivity contribution in [1.82, 2.24) is 5.32 Å². The summed E-state index contributed by atoms with van der Waals surface area (Å²) in [6.45, 7) is 6.87. The molecule has 0 radical (unpaired) electrons. The molecule has 0 aliphatic heterocycles. The molecule has 1 aliphatic rings. The van der Waals surface area contributed by atoms with Crippen molar-refractivity contribution in [2.75, 3.05) is 0 Å². The molecule has 2 rings (SSSR count). The summed E-state index contributed by atoms with van der Waals surface area (Å²) in [4.78, 5) is 12.3. The summed E-state index contributed by atoms with van der Waals surface area (Å²) in [6.07, 6.45) is 4.94. The molecule has 1 aromatic rings. The van der Waals surface area contributed by atoms with Crippen LogP contribution in [-0.4, -0.2) is 11.4 Å². The fraction of sp³-hybridized carbons (Fsp3) is 0.588. The molecule has 4 heteroatoms. The van der Waals surface area contributed by atoms with Gasteiger partial charge in [-0.3, -0.25) is 4.79 Å². The Hall–Kier alpha value is -1.06. The zero-order valence-electron chi connectivity index (χ0n) is 13.3. The first-order valence-corrected chi connectivity index (χ1v) is 7.56. The van der Waals surface area contributed by atoms with Crippen molar-refractivity contribution in [2.24, 2.45) is 5.73 Å². The molecule has 0 aromatic heterocycles. The summed E-state index contributed by atoms with van der Waals surface area (Å²) in [6, 6.07) is 4.32. The Bertz CT molecular complexity index is 485. The number of carbonyl (C=O) groups excluding carboxylic acids is 1. The predicted molar refractivity (Wildman–Crippen MR) is 89.8 cm³/mol. The van der Waals surface area contributed by atoms with E-state index < -0.39 is 5.54 Å². The van der Waals surface area contributed by atoms with Gasteiger partial charge in [-0.25, -0.2) is 0 Å². The van der Waals surface area contributed by atoms with E-state index in [2.05, 4.69) is 38.2 Å². The average molecular weight is 311 g/mol. The Balaban J connectivity index is 0.00000220. The number of rotatable bonds is 3. The van der Waals surface area contributed by atoms with Gasteiger partial charge in [0.1, 0.15) is 0 Å². The summed E-state index contributed by atoms with van der Waals surface area (Å²) in [5.74, 6) is 0.0107. The number of halogens is 1. The van der Waals surface area contributed by atoms with Crippen LogP contribution in [0, 0.1) is 20.8 Å². The van der Waals surface area contributed by atoms with Crippen LogP contribution in [0.15, 0.2) is 12.1 Å². The molecule has 21 heavy (non-hydrogen) atoms. The van der Waals surface area contributed by atoms with Gasteiger partial charge in [0.25, 0.3) is 0 Å². The van der Waals surface area contributed by atoms with Crippen LogP contribution in [0.3, 0.4) is 0 Å². The van der Waals surface area contributed by atoms with Gasteiger partial charge in [-0.2, -0.15) is 0 Å². The summed E-state index contributed by atoms with van der Waals surface area (Å²) < 4.78 is 0. The number of nitrogens with two attached hydrogens (primary N) is 1. The highest BCUT2D eigenvalue weighted by Gasteiger charge is 2.34. The van der Waals surface area contributed by atoms with Crippen molar-refractivity contribution in [1.29, 1.82) is 0 Å². The standard InChI is InChI=1S/C17H26N2O.ClH/c1-12-9-13(2)15(14(3)10-12)11-19-16(20)17(18)7-5-4-6-8-17;/h9-10H,4-8,11,18H2,1-3H3,(H,19,20);1H. The van der Waals surface area contributed by atoms with E-state index in [-0.39, 0.29) is 18.3 Å². The first-order chi connectivity index (χ1) is 9.42. The highest BCUT2D eigenvalue weighted by Crippen LogP contribution is 2.26. The number of benzene rings is 1. The van der Waals surface area contributed by atoms with Crippen LogP contribution in [-0.2, 0) is 11.3 Å². The molecule has 118 valence electrons. The zero-order valence-corrected chi connectivity index (χ0v) is 14.1. The van der Waals surface area contributed by atoms with E-state index >= 15 is 0 Å². The summed E-state index contributed by atoms with van der Waals surface area (Å²) >= 11 is 0. The van der Waals surface area contributed by atoms with Crippen molar-refractivity contribution in [2.45, 2.75) is 65.0 Å². The van der Waals surface area contributed by atoms with Crippen LogP contribution in [0.25, 0.3) is 0 Å². The Morgan fingerprint density at radius 2 is 1.67 bits per heavy atom. The van der Waals surface area contributed by atoms with Gasteiger partial charge >= 0.3 is 0 Å². The van der Waals surface area contributed by atoms with Gasteiger partial charge in [0, 0.05) is 6.54 Å². The van der Waals surface area contributed by atoms with E-state index in [0.29, 0.717) is 6.54 Å². The van der Waals surface area contributed by atoms with Gasteiger partial charge in [-0.1, -0.05) is 37.0 Å². The Labute approximate surface area is 134 Å². The maximum atomic E-state index is 12.3. The average Bonchev–Trinajstić information content (AvgIpc) is 2.38. The first-order valence-electron chi connectivity index (χ1n) is 7.56. The lowest BCUT2D eigenvalue weighted by Gasteiger charge is -2.32. The molecular formula is C17H27ClN2O. The third-order valence-corrected chi connectivity index (χ3v) is 4.46. The van der Waals surface area contributed by atoms with E-state index in [9.17, 15) is 4.79 Å². The van der Waals surface area contributed by atoms with Crippen molar-refractivity contribution in [3.63, 3.8) is 0 Å². The van der Waals surface area contributed by atoms with Crippen LogP contribution in [0.5, 0.6) is 0 Å². The normalized spacial score (nSPS) is 17.0. The topological polar surface area (TPSA) is 55.1 Å². The summed E-state index contributed by atoms with van der Waals surface area (Å²) in [7, 11) is 0. The smallest absolute Gasteiger partial charge is 0.240 e. The Morgan fingerprint density at radius 1 is 1.14 bits per heavy atom. The highest BCUT2D eigenvalue weighted by atomic mass is 35.5. The van der Waals surface area contributed by atoms with Gasteiger partial charge in [0.15, 0.2) is 0 Å². The van der Waals surface area contributed by atoms with Crippen molar-refractivity contribution in [3.8, 4) is 0 Å². The number of aryl methyl sites for hydroxylation is 3. The minimum absolute atomic E-state index is 0. The maximum absolute atomic E-state index is 12.3. The molecule has 0 saturated heterocycles. The molecule has 3 N–H and O–H groups in total. The minimum Gasteiger partial charge on any atom is -0.350 e. The zero-order chi connectivity index (χ0) is 14.8. The molecule has 1 aromatic carbocycles. The van der Waals surface area contributed by atoms with Crippen LogP contribution in [0.2, 0.25) is 0 Å². The van der Waals surface area contributed by atoms with E-state index in [1.807, 2.05) is 0 Å². The molecule has 1 aliphatic carbocycles. The number of nitrogens with one attached hydrogen (secondary N) is 1. The molecule has 0 atom stereocenters. The predicted octanol–water partition coefficient (Wildman–Crippen LogP) is 3.31. The molecule has 1 fully saturated rings. The maximum Gasteiger partial charge on any atom is 0.240 e. The molecule has 1 amide bonds. The molecule has 1 saturated carbocycles. The molecule has 0 bridgehead atoms. The van der Waals surface area contributed by atoms with Gasteiger partial charge in [-0.15, -0.1) is 12.4 Å². The molecule has 0 unspecified atom stereocenters. The number of hydrogen-bond donors (Lipinski definition) is 2. The molecular weight excluding hydrogens is 284 g/mol. The fourth-order valence-corrected chi connectivity index (χ4v) is 3.24. The number of amides is 1. The van der Waals surface area contributed by atoms with E-state index in [4.69, 9.17) is 5.73 Å². The van der Waals surface area contributed by atoms with Crippen LogP contribution in [0.4, 0.5) is 0 Å². The van der Waals surface area contributed by atoms with Crippen LogP contribution < -0.4 is 11.1 Å². The van der Waals surface area contributed by atoms with Crippen molar-refractivity contribution in [3.05, 3.63) is 34.4 Å². The lowest BCUT2D eigenvalue weighted by atomic mass is 9.82.